The summed E-state index contributed by atoms with van der Waals surface area (Å²) in [7, 11) is -4.27. The first-order chi connectivity index (χ1) is 9.81. The first-order valence-electron chi connectivity index (χ1n) is 5.48. The zero-order valence-corrected chi connectivity index (χ0v) is 11.8. The van der Waals surface area contributed by atoms with Crippen molar-refractivity contribution in [3.8, 4) is 0 Å². The Labute approximate surface area is 124 Å². The van der Waals surface area contributed by atoms with Gasteiger partial charge >= 0.3 is 5.97 Å². The molecule has 0 aliphatic heterocycles. The van der Waals surface area contributed by atoms with Crippen LogP contribution in [0.25, 0.3) is 0 Å². The Kier molecular flexibility index (Phi) is 4.10. The molecule has 0 bridgehead atoms. The molecule has 0 aliphatic carbocycles. The summed E-state index contributed by atoms with van der Waals surface area (Å²) in [6.45, 7) is 0. The van der Waals surface area contributed by atoms with Crippen molar-refractivity contribution in [2.45, 2.75) is 4.90 Å². The van der Waals surface area contributed by atoms with Gasteiger partial charge in [0.2, 0.25) is 0 Å². The van der Waals surface area contributed by atoms with Gasteiger partial charge in [0, 0.05) is 0 Å². The SMILES string of the molecule is O=C(O)c1cccc(NS(=O)(=O)c2cccc(Cl)c2F)n1. The fraction of sp³-hybridized carbons (Fsp3) is 0. The molecule has 2 rings (SSSR count). The molecule has 2 N–H and O–H groups in total. The van der Waals surface area contributed by atoms with Crippen LogP contribution >= 0.6 is 11.6 Å². The van der Waals surface area contributed by atoms with Gasteiger partial charge in [-0.2, -0.15) is 0 Å². The summed E-state index contributed by atoms with van der Waals surface area (Å²) in [5.41, 5.74) is -0.346. The number of benzene rings is 1. The topological polar surface area (TPSA) is 96.4 Å². The molecule has 0 saturated carbocycles. The molecule has 0 amide bonds. The van der Waals surface area contributed by atoms with E-state index in [0.717, 1.165) is 6.07 Å². The highest BCUT2D eigenvalue weighted by Gasteiger charge is 2.21. The summed E-state index contributed by atoms with van der Waals surface area (Å²) in [6.07, 6.45) is 0. The van der Waals surface area contributed by atoms with Crippen LogP contribution in [0.2, 0.25) is 5.02 Å². The first kappa shape index (κ1) is 15.2. The molecule has 1 heterocycles. The molecule has 9 heteroatoms. The van der Waals surface area contributed by atoms with E-state index < -0.39 is 26.7 Å². The predicted octanol–water partition coefficient (Wildman–Crippen LogP) is 2.37. The van der Waals surface area contributed by atoms with Crippen LogP contribution in [0.4, 0.5) is 10.2 Å². The van der Waals surface area contributed by atoms with Gasteiger partial charge in [0.1, 0.15) is 10.7 Å². The molecule has 0 spiro atoms. The standard InChI is InChI=1S/C12H8ClFN2O4S/c13-7-3-1-5-9(11(7)14)21(19,20)16-10-6-2-4-8(15-10)12(17)18/h1-6H,(H,15,16)(H,17,18). The lowest BCUT2D eigenvalue weighted by atomic mass is 10.3. The Morgan fingerprint density at radius 2 is 1.90 bits per heavy atom. The summed E-state index contributed by atoms with van der Waals surface area (Å²) in [6, 6.07) is 7.26. The maximum absolute atomic E-state index is 13.7. The molecule has 1 aromatic heterocycles. The van der Waals surface area contributed by atoms with E-state index in [0.29, 0.717) is 0 Å². The molecular weight excluding hydrogens is 323 g/mol. The number of nitrogens with zero attached hydrogens (tertiary/aromatic N) is 1. The number of aromatic carboxylic acids is 1. The summed E-state index contributed by atoms with van der Waals surface area (Å²) < 4.78 is 39.9. The molecule has 110 valence electrons. The van der Waals surface area contributed by atoms with Crippen molar-refractivity contribution in [2.24, 2.45) is 0 Å². The van der Waals surface area contributed by atoms with Crippen LogP contribution in [-0.4, -0.2) is 24.5 Å². The van der Waals surface area contributed by atoms with Crippen molar-refractivity contribution in [3.05, 3.63) is 52.9 Å². The Bertz CT molecular complexity index is 811. The van der Waals surface area contributed by atoms with Gasteiger partial charge in [-0.3, -0.25) is 4.72 Å². The van der Waals surface area contributed by atoms with Crippen LogP contribution in [-0.2, 0) is 10.0 Å². The van der Waals surface area contributed by atoms with Crippen molar-refractivity contribution in [1.29, 1.82) is 0 Å². The van der Waals surface area contributed by atoms with E-state index in [1.54, 1.807) is 0 Å². The summed E-state index contributed by atoms with van der Waals surface area (Å²) in [5.74, 6) is -2.65. The highest BCUT2D eigenvalue weighted by Crippen LogP contribution is 2.23. The second-order valence-electron chi connectivity index (χ2n) is 3.87. The van der Waals surface area contributed by atoms with E-state index in [1.165, 1.54) is 30.3 Å². The number of anilines is 1. The number of nitrogens with one attached hydrogen (secondary N) is 1. The zero-order valence-electron chi connectivity index (χ0n) is 10.2. The van der Waals surface area contributed by atoms with Gasteiger partial charge in [-0.25, -0.2) is 22.6 Å². The largest absolute Gasteiger partial charge is 0.477 e. The monoisotopic (exact) mass is 330 g/mol. The quantitative estimate of drug-likeness (QED) is 0.897. The van der Waals surface area contributed by atoms with Crippen LogP contribution in [0.3, 0.4) is 0 Å². The highest BCUT2D eigenvalue weighted by molar-refractivity contribution is 7.92. The minimum Gasteiger partial charge on any atom is -0.477 e. The number of carboxylic acids is 1. The molecule has 2 aromatic rings. The number of carboxylic acid groups (broad SMARTS) is 1. The number of rotatable bonds is 4. The number of hydrogen-bond donors (Lipinski definition) is 2. The second-order valence-corrected chi connectivity index (χ2v) is 5.93. The third-order valence-corrected chi connectivity index (χ3v) is 4.08. The number of carbonyl (C=O) groups is 1. The molecule has 0 saturated heterocycles. The Morgan fingerprint density at radius 1 is 1.24 bits per heavy atom. The van der Waals surface area contributed by atoms with Gasteiger partial charge in [-0.1, -0.05) is 23.7 Å². The zero-order chi connectivity index (χ0) is 15.6. The molecule has 0 atom stereocenters. The Hall–Kier alpha value is -2.19. The van der Waals surface area contributed by atoms with Gasteiger partial charge in [0.25, 0.3) is 10.0 Å². The predicted molar refractivity (Wildman–Crippen MR) is 73.4 cm³/mol. The van der Waals surface area contributed by atoms with Gasteiger partial charge in [0.15, 0.2) is 11.5 Å². The molecule has 0 fully saturated rings. The first-order valence-corrected chi connectivity index (χ1v) is 7.34. The third-order valence-electron chi connectivity index (χ3n) is 2.41. The number of aromatic nitrogens is 1. The third kappa shape index (κ3) is 3.29. The van der Waals surface area contributed by atoms with E-state index in [2.05, 4.69) is 4.98 Å². The van der Waals surface area contributed by atoms with E-state index in [4.69, 9.17) is 16.7 Å². The van der Waals surface area contributed by atoms with Crippen molar-refractivity contribution in [3.63, 3.8) is 0 Å². The van der Waals surface area contributed by atoms with Gasteiger partial charge in [-0.05, 0) is 24.3 Å². The van der Waals surface area contributed by atoms with Gasteiger partial charge in [-0.15, -0.1) is 0 Å². The van der Waals surface area contributed by atoms with Crippen LogP contribution < -0.4 is 4.72 Å². The van der Waals surface area contributed by atoms with Crippen molar-refractivity contribution in [1.82, 2.24) is 4.98 Å². The lowest BCUT2D eigenvalue weighted by Crippen LogP contribution is -2.16. The average molecular weight is 331 g/mol. The molecule has 0 aliphatic rings. The maximum atomic E-state index is 13.7. The van der Waals surface area contributed by atoms with Gasteiger partial charge < -0.3 is 5.11 Å². The Balaban J connectivity index is 2.40. The molecule has 0 radical (unpaired) electrons. The average Bonchev–Trinajstić information content (AvgIpc) is 2.41. The van der Waals surface area contributed by atoms with E-state index in [1.807, 2.05) is 4.72 Å². The van der Waals surface area contributed by atoms with Crippen molar-refractivity contribution in [2.75, 3.05) is 4.72 Å². The lowest BCUT2D eigenvalue weighted by Gasteiger charge is -2.09. The van der Waals surface area contributed by atoms with Crippen molar-refractivity contribution < 1.29 is 22.7 Å². The van der Waals surface area contributed by atoms with Gasteiger partial charge in [0.05, 0.1) is 5.02 Å². The summed E-state index contributed by atoms with van der Waals surface area (Å²) >= 11 is 5.53. The Morgan fingerprint density at radius 3 is 2.57 bits per heavy atom. The van der Waals surface area contributed by atoms with Crippen LogP contribution in [0.5, 0.6) is 0 Å². The molecular formula is C12H8ClFN2O4S. The number of sulfonamides is 1. The molecule has 1 aromatic carbocycles. The molecule has 6 nitrogen and oxygen atoms in total. The molecule has 21 heavy (non-hydrogen) atoms. The maximum Gasteiger partial charge on any atom is 0.354 e. The number of hydrogen-bond acceptors (Lipinski definition) is 4. The summed E-state index contributed by atoms with van der Waals surface area (Å²) in [5, 5.41) is 8.45. The highest BCUT2D eigenvalue weighted by atomic mass is 35.5. The molecule has 0 unspecified atom stereocenters. The minimum absolute atomic E-state index is 0.241. The summed E-state index contributed by atoms with van der Waals surface area (Å²) in [4.78, 5) is 13.7. The van der Waals surface area contributed by atoms with E-state index in [9.17, 15) is 17.6 Å². The smallest absolute Gasteiger partial charge is 0.354 e. The lowest BCUT2D eigenvalue weighted by molar-refractivity contribution is 0.0690. The van der Waals surface area contributed by atoms with Crippen LogP contribution in [0.15, 0.2) is 41.3 Å². The van der Waals surface area contributed by atoms with E-state index >= 15 is 0 Å². The minimum atomic E-state index is -4.27. The van der Waals surface area contributed by atoms with Crippen LogP contribution in [0.1, 0.15) is 10.5 Å². The van der Waals surface area contributed by atoms with Crippen molar-refractivity contribution >= 4 is 33.4 Å². The second kappa shape index (κ2) is 5.66. The number of pyridine rings is 1. The number of halogens is 2. The fourth-order valence-electron chi connectivity index (χ4n) is 1.49. The fourth-order valence-corrected chi connectivity index (χ4v) is 2.83. The normalized spacial score (nSPS) is 11.1. The van der Waals surface area contributed by atoms with Crippen LogP contribution in [0, 0.1) is 5.82 Å². The van der Waals surface area contributed by atoms with E-state index in [-0.39, 0.29) is 16.5 Å².